The van der Waals surface area contributed by atoms with E-state index in [0.29, 0.717) is 0 Å². The monoisotopic (exact) mass is 88.1 g/mol. The summed E-state index contributed by atoms with van der Waals surface area (Å²) in [5.41, 5.74) is 10.9. The molecule has 0 saturated carbocycles. The lowest BCUT2D eigenvalue weighted by Crippen LogP contribution is -2.28. The Labute approximate surface area is 35.5 Å². The molecule has 0 aromatic heterocycles. The average molecular weight is 88.1 g/mol. The van der Waals surface area contributed by atoms with Crippen molar-refractivity contribution in [3.63, 3.8) is 0 Å². The zero-order valence-corrected chi connectivity index (χ0v) is 3.19. The molecular weight excluding hydrogens is 82.0 g/mol. The molecule has 0 aliphatic heterocycles. The molecule has 6 heavy (non-hydrogen) atoms. The van der Waals surface area contributed by atoms with Crippen LogP contribution in [0.5, 0.6) is 0 Å². The predicted octanol–water partition coefficient (Wildman–Crippen LogP) is -1.10. The van der Waals surface area contributed by atoms with Crippen molar-refractivity contribution >= 4 is 6.03 Å². The van der Waals surface area contributed by atoms with Crippen LogP contribution in [-0.2, 0) is 0 Å². The predicted molar refractivity (Wildman–Crippen MR) is 20.7 cm³/mol. The molecule has 0 rings (SSSR count). The third kappa shape index (κ3) is 3.23. The highest BCUT2D eigenvalue weighted by Crippen LogP contribution is 1.47. The topological polar surface area (TPSA) is 78.9 Å². The molecule has 2 amide bonds. The molecule has 0 saturated heterocycles. The van der Waals surface area contributed by atoms with E-state index in [-0.39, 0.29) is 6.67 Å². The molecule has 4 nitrogen and oxygen atoms in total. The Hall–Kier alpha value is -0.770. The van der Waals surface area contributed by atoms with Gasteiger partial charge in [0.1, 0.15) is 0 Å². The largest absolute Gasteiger partial charge is 0.334 e. The van der Waals surface area contributed by atoms with Gasteiger partial charge in [-0.1, -0.05) is 0 Å². The molecule has 0 unspecified atom stereocenters. The zero-order chi connectivity index (χ0) is 4.99. The van der Waals surface area contributed by atoms with E-state index < -0.39 is 6.03 Å². The van der Waals surface area contributed by atoms with Crippen LogP contribution in [0.1, 0.15) is 0 Å². The van der Waals surface area contributed by atoms with Crippen LogP contribution in [0.15, 0.2) is 0 Å². The molecule has 0 bridgehead atoms. The van der Waals surface area contributed by atoms with Gasteiger partial charge >= 0.3 is 6.03 Å². The SMILES string of the molecule is [NH]C(=O)NCN. The van der Waals surface area contributed by atoms with Crippen molar-refractivity contribution in [2.24, 2.45) is 5.73 Å². The van der Waals surface area contributed by atoms with E-state index in [0.717, 1.165) is 0 Å². The lowest BCUT2D eigenvalue weighted by molar-refractivity contribution is 0.248. The van der Waals surface area contributed by atoms with Crippen molar-refractivity contribution < 1.29 is 4.79 Å². The van der Waals surface area contributed by atoms with Gasteiger partial charge < -0.3 is 11.1 Å². The molecule has 1 radical (unpaired) electrons. The van der Waals surface area contributed by atoms with Crippen LogP contribution in [-0.4, -0.2) is 12.7 Å². The standard InChI is InChI=1S/C2H6N3O/c3-1-5-2(4)6/h4H,1,3H2,(H,5,6). The van der Waals surface area contributed by atoms with Gasteiger partial charge in [-0.3, -0.25) is 0 Å². The van der Waals surface area contributed by atoms with Crippen molar-refractivity contribution in [1.29, 1.82) is 0 Å². The number of nitrogens with one attached hydrogen (secondary N) is 2. The normalized spacial score (nSPS) is 7.50. The summed E-state index contributed by atoms with van der Waals surface area (Å²) in [6.45, 7) is 0.0440. The molecule has 0 aromatic carbocycles. The van der Waals surface area contributed by atoms with Gasteiger partial charge in [0, 0.05) is 0 Å². The highest BCUT2D eigenvalue weighted by Gasteiger charge is 1.81. The van der Waals surface area contributed by atoms with E-state index in [9.17, 15) is 4.79 Å². The van der Waals surface area contributed by atoms with Crippen LogP contribution in [0.4, 0.5) is 4.79 Å². The maximum absolute atomic E-state index is 9.52. The maximum Gasteiger partial charge on any atom is 0.334 e. The fourth-order valence-electron chi connectivity index (χ4n) is 0.0927. The Kier molecular flexibility index (Phi) is 2.15. The second-order valence-corrected chi connectivity index (χ2v) is 0.710. The van der Waals surface area contributed by atoms with Gasteiger partial charge in [-0.25, -0.2) is 10.5 Å². The number of hydrogen-bond donors (Lipinski definition) is 2. The fourth-order valence-corrected chi connectivity index (χ4v) is 0.0927. The Morgan fingerprint density at radius 3 is 2.50 bits per heavy atom. The van der Waals surface area contributed by atoms with Crippen LogP contribution < -0.4 is 16.8 Å². The Balaban J connectivity index is 2.83. The third-order valence-electron chi connectivity index (χ3n) is 0.263. The molecule has 0 fully saturated rings. The first-order valence-electron chi connectivity index (χ1n) is 1.47. The van der Waals surface area contributed by atoms with Crippen LogP contribution in [0.3, 0.4) is 0 Å². The quantitative estimate of drug-likeness (QED) is 0.399. The van der Waals surface area contributed by atoms with Crippen molar-refractivity contribution in [2.45, 2.75) is 0 Å². The minimum Gasteiger partial charge on any atom is -0.324 e. The molecule has 0 heterocycles. The lowest BCUT2D eigenvalue weighted by Gasteiger charge is -1.87. The van der Waals surface area contributed by atoms with E-state index in [1.54, 1.807) is 0 Å². The van der Waals surface area contributed by atoms with Gasteiger partial charge in [0.15, 0.2) is 0 Å². The Bertz CT molecular complexity index is 52.8. The number of carbonyl (C=O) groups excluding carboxylic acids is 1. The van der Waals surface area contributed by atoms with Crippen molar-refractivity contribution in [2.75, 3.05) is 6.67 Å². The van der Waals surface area contributed by atoms with Gasteiger partial charge in [0.2, 0.25) is 0 Å². The summed E-state index contributed by atoms with van der Waals surface area (Å²) in [4.78, 5) is 9.52. The highest BCUT2D eigenvalue weighted by molar-refractivity contribution is 5.70. The molecule has 0 spiro atoms. The first-order chi connectivity index (χ1) is 2.77. The smallest absolute Gasteiger partial charge is 0.324 e. The van der Waals surface area contributed by atoms with Gasteiger partial charge in [-0.2, -0.15) is 0 Å². The third-order valence-corrected chi connectivity index (χ3v) is 0.263. The van der Waals surface area contributed by atoms with E-state index >= 15 is 0 Å². The summed E-state index contributed by atoms with van der Waals surface area (Å²) in [7, 11) is 0. The fraction of sp³-hybridized carbons (Fsp3) is 0.500. The number of amides is 2. The molecule has 4 heteroatoms. The van der Waals surface area contributed by atoms with E-state index in [1.807, 2.05) is 5.32 Å². The number of rotatable bonds is 1. The Morgan fingerprint density at radius 1 is 2.00 bits per heavy atom. The summed E-state index contributed by atoms with van der Waals surface area (Å²) in [6.07, 6.45) is 0. The summed E-state index contributed by atoms with van der Waals surface area (Å²) >= 11 is 0. The van der Waals surface area contributed by atoms with Gasteiger partial charge in [-0.15, -0.1) is 0 Å². The summed E-state index contributed by atoms with van der Waals surface area (Å²) in [5, 5.41) is 2.01. The second kappa shape index (κ2) is 2.47. The maximum atomic E-state index is 9.52. The van der Waals surface area contributed by atoms with E-state index in [4.69, 9.17) is 11.5 Å². The van der Waals surface area contributed by atoms with Crippen molar-refractivity contribution in [3.8, 4) is 0 Å². The van der Waals surface area contributed by atoms with Crippen molar-refractivity contribution in [1.82, 2.24) is 11.1 Å². The molecule has 0 atom stereocenters. The molecule has 0 aromatic rings. The first-order valence-corrected chi connectivity index (χ1v) is 1.47. The van der Waals surface area contributed by atoms with E-state index in [2.05, 4.69) is 0 Å². The lowest BCUT2D eigenvalue weighted by atomic mass is 11.0. The van der Waals surface area contributed by atoms with Gasteiger partial charge in [0.05, 0.1) is 6.67 Å². The van der Waals surface area contributed by atoms with Gasteiger partial charge in [0.25, 0.3) is 0 Å². The van der Waals surface area contributed by atoms with E-state index in [1.165, 1.54) is 0 Å². The average Bonchev–Trinajstić information content (AvgIpc) is 1.35. The molecule has 35 valence electrons. The van der Waals surface area contributed by atoms with Crippen LogP contribution in [0, 0.1) is 0 Å². The minimum absolute atomic E-state index is 0.0440. The van der Waals surface area contributed by atoms with Crippen LogP contribution >= 0.6 is 0 Å². The van der Waals surface area contributed by atoms with Crippen molar-refractivity contribution in [3.05, 3.63) is 0 Å². The van der Waals surface area contributed by atoms with Gasteiger partial charge in [-0.05, 0) is 0 Å². The number of urea groups is 1. The summed E-state index contributed by atoms with van der Waals surface area (Å²) < 4.78 is 0. The summed E-state index contributed by atoms with van der Waals surface area (Å²) in [5.74, 6) is 0. The van der Waals surface area contributed by atoms with Crippen LogP contribution in [0.25, 0.3) is 0 Å². The minimum atomic E-state index is -0.836. The first kappa shape index (κ1) is 5.23. The zero-order valence-electron chi connectivity index (χ0n) is 3.19. The number of hydrogen-bond acceptors (Lipinski definition) is 2. The molecular formula is C2H6N3O. The molecule has 0 aliphatic rings. The van der Waals surface area contributed by atoms with Crippen LogP contribution in [0.2, 0.25) is 0 Å². The molecule has 0 aliphatic carbocycles. The number of carbonyl (C=O) groups is 1. The summed E-state index contributed by atoms with van der Waals surface area (Å²) in [6, 6.07) is -0.836. The number of nitrogens with two attached hydrogens (primary N) is 1. The Morgan fingerprint density at radius 2 is 2.50 bits per heavy atom. The highest BCUT2D eigenvalue weighted by atomic mass is 16.2. The molecule has 4 N–H and O–H groups in total. The second-order valence-electron chi connectivity index (χ2n) is 0.710.